The van der Waals surface area contributed by atoms with E-state index in [2.05, 4.69) is 15.7 Å². The predicted molar refractivity (Wildman–Crippen MR) is 110 cm³/mol. The summed E-state index contributed by atoms with van der Waals surface area (Å²) in [5.41, 5.74) is -0.945. The number of halogens is 2. The lowest BCUT2D eigenvalue weighted by Gasteiger charge is -2.56. The molecule has 8 nitrogen and oxygen atoms in total. The van der Waals surface area contributed by atoms with Crippen LogP contribution in [-0.4, -0.2) is 50.5 Å². The maximum absolute atomic E-state index is 13.5. The van der Waals surface area contributed by atoms with Gasteiger partial charge in [0.25, 0.3) is 11.8 Å². The van der Waals surface area contributed by atoms with Crippen LogP contribution >= 0.6 is 11.6 Å². The molecule has 5 rings (SSSR count). The van der Waals surface area contributed by atoms with Gasteiger partial charge in [-0.1, -0.05) is 11.6 Å². The third kappa shape index (κ3) is 4.38. The Morgan fingerprint density at radius 2 is 2.03 bits per heavy atom. The Morgan fingerprint density at radius 1 is 1.29 bits per heavy atom. The number of benzene rings is 1. The van der Waals surface area contributed by atoms with Gasteiger partial charge in [-0.15, -0.1) is 0 Å². The minimum Gasteiger partial charge on any atom is -0.484 e. The molecule has 1 unspecified atom stereocenters. The molecule has 0 spiro atoms. The number of fused-ring (bicyclic) bond motifs is 3. The van der Waals surface area contributed by atoms with Crippen LogP contribution in [0.15, 0.2) is 30.5 Å². The van der Waals surface area contributed by atoms with E-state index in [1.807, 2.05) is 0 Å². The fraction of sp³-hybridized carbons (Fsp3) is 0.476. The van der Waals surface area contributed by atoms with Gasteiger partial charge in [-0.2, -0.15) is 5.10 Å². The molecular formula is C21H24ClFN4O4. The number of aromatic nitrogens is 2. The van der Waals surface area contributed by atoms with Crippen molar-refractivity contribution in [3.05, 3.63) is 47.0 Å². The molecule has 3 N–H and O–H groups in total. The number of hydrogen-bond acceptors (Lipinski definition) is 5. The maximum atomic E-state index is 13.5. The van der Waals surface area contributed by atoms with Crippen LogP contribution in [0.3, 0.4) is 0 Å². The quantitative estimate of drug-likeness (QED) is 0.624. The summed E-state index contributed by atoms with van der Waals surface area (Å²) in [5.74, 6) is -1.10. The standard InChI is InChI=1S/C21H24ClFN4O4/c1-27-9-4-16(26-27)19(30)25-20-5-7-21(8-6-20,17(28)11-20)24-18(29)12-31-13-2-3-14(22)15(23)10-13/h2-4,9-10,17,28H,5-8,11-12H2,1H3,(H,24,29)(H,25,30). The minimum absolute atomic E-state index is 0.0261. The van der Waals surface area contributed by atoms with E-state index >= 15 is 0 Å². The zero-order valence-electron chi connectivity index (χ0n) is 17.0. The lowest BCUT2D eigenvalue weighted by atomic mass is 9.60. The van der Waals surface area contributed by atoms with Crippen molar-refractivity contribution < 1.29 is 23.8 Å². The number of aliphatic hydroxyl groups excluding tert-OH is 1. The molecule has 3 saturated carbocycles. The van der Waals surface area contributed by atoms with Crippen molar-refractivity contribution in [2.45, 2.75) is 49.3 Å². The summed E-state index contributed by atoms with van der Waals surface area (Å²) in [6.07, 6.45) is 3.55. The molecule has 2 bridgehead atoms. The first-order valence-electron chi connectivity index (χ1n) is 10.1. The highest BCUT2D eigenvalue weighted by molar-refractivity contribution is 6.30. The van der Waals surface area contributed by atoms with Gasteiger partial charge in [0.15, 0.2) is 6.61 Å². The van der Waals surface area contributed by atoms with E-state index in [9.17, 15) is 19.1 Å². The number of amides is 2. The molecule has 3 fully saturated rings. The summed E-state index contributed by atoms with van der Waals surface area (Å²) in [5, 5.41) is 20.9. The second-order valence-electron chi connectivity index (χ2n) is 8.40. The number of carbonyl (C=O) groups is 2. The Balaban J connectivity index is 1.34. The van der Waals surface area contributed by atoms with Crippen LogP contribution in [0.5, 0.6) is 5.75 Å². The number of ether oxygens (including phenoxy) is 1. The Bertz CT molecular complexity index is 1000. The van der Waals surface area contributed by atoms with Gasteiger partial charge in [-0.25, -0.2) is 4.39 Å². The molecule has 10 heteroatoms. The van der Waals surface area contributed by atoms with Crippen LogP contribution in [0.1, 0.15) is 42.6 Å². The van der Waals surface area contributed by atoms with Gasteiger partial charge in [0.05, 0.1) is 16.7 Å². The van der Waals surface area contributed by atoms with Gasteiger partial charge in [-0.05, 0) is 50.3 Å². The highest BCUT2D eigenvalue weighted by atomic mass is 35.5. The molecule has 31 heavy (non-hydrogen) atoms. The van der Waals surface area contributed by atoms with Crippen molar-refractivity contribution in [3.63, 3.8) is 0 Å². The van der Waals surface area contributed by atoms with Gasteiger partial charge >= 0.3 is 0 Å². The predicted octanol–water partition coefficient (Wildman–Crippen LogP) is 1.95. The lowest BCUT2D eigenvalue weighted by molar-refractivity contribution is -0.132. The smallest absolute Gasteiger partial charge is 0.272 e. The third-order valence-electron chi connectivity index (χ3n) is 6.30. The van der Waals surface area contributed by atoms with Gasteiger partial charge in [-0.3, -0.25) is 14.3 Å². The normalized spacial score (nSPS) is 27.0. The number of nitrogens with zero attached hydrogens (tertiary/aromatic N) is 2. The average molecular weight is 451 g/mol. The SMILES string of the molecule is Cn1ccc(C(=O)NC23CCC(NC(=O)COc4ccc(Cl)c(F)c4)(CC2)C(O)C3)n1. The molecular weight excluding hydrogens is 427 g/mol. The molecule has 3 aliphatic rings. The number of aliphatic hydroxyl groups is 1. The third-order valence-corrected chi connectivity index (χ3v) is 6.60. The summed E-state index contributed by atoms with van der Waals surface area (Å²) in [6, 6.07) is 5.59. The summed E-state index contributed by atoms with van der Waals surface area (Å²) >= 11 is 5.64. The Kier molecular flexibility index (Phi) is 5.65. The largest absolute Gasteiger partial charge is 0.484 e. The summed E-state index contributed by atoms with van der Waals surface area (Å²) in [7, 11) is 1.74. The first-order valence-corrected chi connectivity index (χ1v) is 10.5. The second kappa shape index (κ2) is 8.12. The van der Waals surface area contributed by atoms with Crippen molar-refractivity contribution in [2.75, 3.05) is 6.61 Å². The molecule has 0 radical (unpaired) electrons. The maximum Gasteiger partial charge on any atom is 0.272 e. The van der Waals surface area contributed by atoms with E-state index in [0.717, 1.165) is 6.07 Å². The highest BCUT2D eigenvalue weighted by Gasteiger charge is 2.55. The van der Waals surface area contributed by atoms with Crippen molar-refractivity contribution >= 4 is 23.4 Å². The zero-order chi connectivity index (χ0) is 22.2. The van der Waals surface area contributed by atoms with E-state index in [-0.39, 0.29) is 23.3 Å². The van der Waals surface area contributed by atoms with Crippen molar-refractivity contribution in [3.8, 4) is 5.75 Å². The summed E-state index contributed by atoms with van der Waals surface area (Å²) in [4.78, 5) is 25.0. The van der Waals surface area contributed by atoms with Gasteiger partial charge in [0.1, 0.15) is 17.3 Å². The molecule has 1 heterocycles. The Labute approximate surface area is 183 Å². The number of aryl methyl sites for hydroxylation is 1. The summed E-state index contributed by atoms with van der Waals surface area (Å²) in [6.45, 7) is -0.308. The lowest BCUT2D eigenvalue weighted by Crippen LogP contribution is -2.70. The van der Waals surface area contributed by atoms with Crippen molar-refractivity contribution in [1.29, 1.82) is 0 Å². The van der Waals surface area contributed by atoms with Crippen LogP contribution in [0.2, 0.25) is 5.02 Å². The van der Waals surface area contributed by atoms with Crippen LogP contribution in [0.25, 0.3) is 0 Å². The molecule has 1 aromatic carbocycles. The molecule has 1 aromatic heterocycles. The zero-order valence-corrected chi connectivity index (χ0v) is 17.8. The number of carbonyl (C=O) groups excluding carboxylic acids is 2. The van der Waals surface area contributed by atoms with Crippen LogP contribution in [0, 0.1) is 5.82 Å². The Morgan fingerprint density at radius 3 is 2.65 bits per heavy atom. The van der Waals surface area contributed by atoms with Gasteiger partial charge in [0, 0.05) is 24.8 Å². The highest BCUT2D eigenvalue weighted by Crippen LogP contribution is 2.47. The van der Waals surface area contributed by atoms with Crippen molar-refractivity contribution in [1.82, 2.24) is 20.4 Å². The average Bonchev–Trinajstić information content (AvgIpc) is 3.17. The van der Waals surface area contributed by atoms with E-state index < -0.39 is 28.9 Å². The fourth-order valence-electron chi connectivity index (χ4n) is 4.53. The van der Waals surface area contributed by atoms with E-state index in [4.69, 9.17) is 16.3 Å². The van der Waals surface area contributed by atoms with Crippen LogP contribution in [0.4, 0.5) is 4.39 Å². The first kappa shape index (κ1) is 21.6. The van der Waals surface area contributed by atoms with E-state index in [1.54, 1.807) is 24.0 Å². The molecule has 2 aromatic rings. The molecule has 166 valence electrons. The monoisotopic (exact) mass is 450 g/mol. The molecule has 2 amide bonds. The first-order chi connectivity index (χ1) is 14.7. The number of rotatable bonds is 6. The topological polar surface area (TPSA) is 105 Å². The van der Waals surface area contributed by atoms with Gasteiger partial charge < -0.3 is 20.5 Å². The number of nitrogens with one attached hydrogen (secondary N) is 2. The molecule has 0 saturated heterocycles. The van der Waals surface area contributed by atoms with E-state index in [1.165, 1.54) is 12.1 Å². The molecule has 1 atom stereocenters. The fourth-order valence-corrected chi connectivity index (χ4v) is 4.65. The number of hydrogen-bond donors (Lipinski definition) is 3. The Hall–Kier alpha value is -2.65. The molecule has 3 aliphatic carbocycles. The minimum atomic E-state index is -0.809. The summed E-state index contributed by atoms with van der Waals surface area (Å²) < 4.78 is 20.4. The molecule has 0 aliphatic heterocycles. The van der Waals surface area contributed by atoms with E-state index in [0.29, 0.717) is 37.8 Å². The van der Waals surface area contributed by atoms with Crippen LogP contribution < -0.4 is 15.4 Å². The van der Waals surface area contributed by atoms with Crippen molar-refractivity contribution in [2.24, 2.45) is 7.05 Å². The van der Waals surface area contributed by atoms with Crippen LogP contribution in [-0.2, 0) is 11.8 Å². The van der Waals surface area contributed by atoms with Gasteiger partial charge in [0.2, 0.25) is 0 Å². The second-order valence-corrected chi connectivity index (χ2v) is 8.81.